The van der Waals surface area contributed by atoms with Crippen molar-refractivity contribution in [1.29, 1.82) is 0 Å². The van der Waals surface area contributed by atoms with Crippen molar-refractivity contribution in [1.82, 2.24) is 4.90 Å². The van der Waals surface area contributed by atoms with Gasteiger partial charge in [0.25, 0.3) is 0 Å². The molecule has 0 unspecified atom stereocenters. The highest BCUT2D eigenvalue weighted by molar-refractivity contribution is 7.53. The first-order valence-electron chi connectivity index (χ1n) is 17.7. The van der Waals surface area contributed by atoms with Crippen molar-refractivity contribution in [3.05, 3.63) is 190 Å². The second-order valence-corrected chi connectivity index (χ2v) is 14.8. The Morgan fingerprint density at radius 2 is 1.02 bits per heavy atom. The normalized spacial score (nSPS) is 16.6. The first kappa shape index (κ1) is 38.6. The van der Waals surface area contributed by atoms with Gasteiger partial charge in [-0.15, -0.1) is 0 Å². The van der Waals surface area contributed by atoms with Crippen molar-refractivity contribution < 1.29 is 32.6 Å². The quantitative estimate of drug-likeness (QED) is 0.0241. The van der Waals surface area contributed by atoms with Gasteiger partial charge in [0, 0.05) is 4.91 Å². The number of azide groups is 1. The van der Waals surface area contributed by atoms with Crippen LogP contribution in [0, 0.1) is 0 Å². The summed E-state index contributed by atoms with van der Waals surface area (Å²) in [6, 6.07) is 45.6. The van der Waals surface area contributed by atoms with Gasteiger partial charge in [0.15, 0.2) is 0 Å². The fourth-order valence-electron chi connectivity index (χ4n) is 6.12. The van der Waals surface area contributed by atoms with Crippen LogP contribution in [-0.2, 0) is 65.7 Å². The number of carbonyl (C=O) groups is 1. The maximum absolute atomic E-state index is 14.7. The van der Waals surface area contributed by atoms with E-state index in [0.717, 1.165) is 27.8 Å². The van der Waals surface area contributed by atoms with Crippen LogP contribution < -0.4 is 0 Å². The van der Waals surface area contributed by atoms with Gasteiger partial charge < -0.3 is 28.2 Å². The van der Waals surface area contributed by atoms with E-state index >= 15 is 0 Å². The summed E-state index contributed by atoms with van der Waals surface area (Å²) in [7, 11) is -4.02. The van der Waals surface area contributed by atoms with Gasteiger partial charge in [0.2, 0.25) is 5.91 Å². The number of hydrogen-bond donors (Lipinski definition) is 0. The molecular weight excluding hydrogens is 703 g/mol. The molecule has 12 heteroatoms. The van der Waals surface area contributed by atoms with Gasteiger partial charge in [-0.25, -0.2) is 0 Å². The van der Waals surface area contributed by atoms with E-state index in [0.29, 0.717) is 6.61 Å². The van der Waals surface area contributed by atoms with Crippen molar-refractivity contribution in [3.8, 4) is 0 Å². The first-order valence-corrected chi connectivity index (χ1v) is 19.5. The molecule has 0 bridgehead atoms. The standard InChI is InChI=1S/C42H43N4O7P/c43-45-44-39-40(46(42(39)47)32-54(48,52-29-36-22-12-4-13-23-36)53-30-37-24-14-5-15-25-37)41(51-28-35-20-10-3-11-21-35)38(50-27-34-18-8-2-9-19-34)31-49-26-33-16-6-1-7-17-33/h1-25,38-41H,26-32H2/t38-,39+,40-,41-/m1/s1. The Balaban J connectivity index is 1.31. The minimum Gasteiger partial charge on any atom is -0.374 e. The van der Waals surface area contributed by atoms with Crippen LogP contribution in [0.25, 0.3) is 10.4 Å². The maximum atomic E-state index is 14.7. The van der Waals surface area contributed by atoms with E-state index in [1.54, 1.807) is 0 Å². The summed E-state index contributed by atoms with van der Waals surface area (Å²) in [5.41, 5.74) is 14.0. The molecule has 0 aromatic heterocycles. The molecule has 1 fully saturated rings. The zero-order valence-electron chi connectivity index (χ0n) is 29.8. The molecule has 5 aromatic rings. The molecule has 0 aliphatic carbocycles. The predicted octanol–water partition coefficient (Wildman–Crippen LogP) is 8.85. The van der Waals surface area contributed by atoms with Gasteiger partial charge in [0.05, 0.1) is 45.7 Å². The van der Waals surface area contributed by atoms with Crippen LogP contribution in [0.2, 0.25) is 0 Å². The number of β-lactam (4-membered cyclic amide) rings is 1. The Morgan fingerprint density at radius 3 is 1.46 bits per heavy atom. The van der Waals surface area contributed by atoms with Gasteiger partial charge >= 0.3 is 7.60 Å². The topological polar surface area (TPSA) is 132 Å². The van der Waals surface area contributed by atoms with Crippen molar-refractivity contribution in [2.75, 3.05) is 12.9 Å². The Labute approximate surface area is 315 Å². The summed E-state index contributed by atoms with van der Waals surface area (Å²) in [6.45, 7) is 0.739. The molecule has 0 spiro atoms. The van der Waals surface area contributed by atoms with E-state index in [4.69, 9.17) is 23.3 Å². The SMILES string of the molecule is [N-]=[N+]=N[C@@H]1C(=O)N(CP(=O)(OCc2ccccc2)OCc2ccccc2)[C@H]1[C@H](OCc1ccccc1)[C@@H](COCc1ccccc1)OCc1ccccc1. The highest BCUT2D eigenvalue weighted by Gasteiger charge is 2.55. The molecule has 278 valence electrons. The van der Waals surface area contributed by atoms with Crippen molar-refractivity contribution in [2.24, 2.45) is 5.11 Å². The zero-order valence-corrected chi connectivity index (χ0v) is 30.7. The molecule has 11 nitrogen and oxygen atoms in total. The number of carbonyl (C=O) groups excluding carboxylic acids is 1. The Morgan fingerprint density at radius 1 is 0.611 bits per heavy atom. The number of amides is 1. The van der Waals surface area contributed by atoms with Crippen LogP contribution in [-0.4, -0.2) is 48.0 Å². The summed E-state index contributed by atoms with van der Waals surface area (Å²) < 4.78 is 46.3. The second-order valence-electron chi connectivity index (χ2n) is 12.8. The molecule has 1 amide bonds. The van der Waals surface area contributed by atoms with E-state index in [9.17, 15) is 14.9 Å². The van der Waals surface area contributed by atoms with E-state index in [1.165, 1.54) is 4.90 Å². The zero-order chi connectivity index (χ0) is 37.4. The van der Waals surface area contributed by atoms with E-state index in [1.807, 2.05) is 152 Å². The highest BCUT2D eigenvalue weighted by Crippen LogP contribution is 2.52. The third-order valence-corrected chi connectivity index (χ3v) is 10.6. The van der Waals surface area contributed by atoms with Crippen molar-refractivity contribution >= 4 is 13.5 Å². The number of ether oxygens (including phenoxy) is 3. The molecule has 4 atom stereocenters. The number of likely N-dealkylation sites (tertiary alicyclic amines) is 1. The third kappa shape index (κ3) is 11.0. The lowest BCUT2D eigenvalue weighted by atomic mass is 9.88. The molecule has 0 radical (unpaired) electrons. The summed E-state index contributed by atoms with van der Waals surface area (Å²) in [6.07, 6.45) is -2.06. The lowest BCUT2D eigenvalue weighted by Crippen LogP contribution is -2.70. The minimum atomic E-state index is -4.02. The van der Waals surface area contributed by atoms with Crippen molar-refractivity contribution in [2.45, 2.75) is 57.3 Å². The molecule has 1 aliphatic heterocycles. The van der Waals surface area contributed by atoms with Gasteiger partial charge in [-0.1, -0.05) is 157 Å². The van der Waals surface area contributed by atoms with Crippen LogP contribution in [0.1, 0.15) is 27.8 Å². The second kappa shape index (κ2) is 19.8. The lowest BCUT2D eigenvalue weighted by molar-refractivity contribution is -0.179. The van der Waals surface area contributed by atoms with Gasteiger partial charge in [-0.3, -0.25) is 9.36 Å². The number of nitrogens with zero attached hydrogens (tertiary/aromatic N) is 4. The molecular formula is C42H43N4O7P. The highest BCUT2D eigenvalue weighted by atomic mass is 31.2. The Bertz CT molecular complexity index is 1920. The largest absolute Gasteiger partial charge is 0.374 e. The molecule has 0 saturated carbocycles. The van der Waals surface area contributed by atoms with Crippen LogP contribution in [0.4, 0.5) is 0 Å². The first-order chi connectivity index (χ1) is 26.5. The Kier molecular flexibility index (Phi) is 14.2. The van der Waals surface area contributed by atoms with Gasteiger partial charge in [0.1, 0.15) is 24.5 Å². The van der Waals surface area contributed by atoms with Crippen LogP contribution in [0.15, 0.2) is 157 Å². The third-order valence-electron chi connectivity index (χ3n) is 8.95. The molecule has 6 rings (SSSR count). The van der Waals surface area contributed by atoms with E-state index < -0.39 is 44.1 Å². The smallest absolute Gasteiger partial charge is 0.350 e. The molecule has 0 N–H and O–H groups in total. The molecule has 1 aliphatic rings. The van der Waals surface area contributed by atoms with Gasteiger partial charge in [-0.05, 0) is 33.3 Å². The van der Waals surface area contributed by atoms with E-state index in [-0.39, 0.29) is 33.0 Å². The average molecular weight is 747 g/mol. The summed E-state index contributed by atoms with van der Waals surface area (Å²) in [5, 5.41) is 3.91. The fourth-order valence-corrected chi connectivity index (χ4v) is 7.75. The summed E-state index contributed by atoms with van der Waals surface area (Å²) in [5.74, 6) is -0.523. The molecule has 5 aromatic carbocycles. The number of benzene rings is 5. The van der Waals surface area contributed by atoms with E-state index in [2.05, 4.69) is 10.0 Å². The number of hydrogen-bond acceptors (Lipinski definition) is 8. The molecule has 1 heterocycles. The molecule has 54 heavy (non-hydrogen) atoms. The summed E-state index contributed by atoms with van der Waals surface area (Å²) >= 11 is 0. The predicted molar refractivity (Wildman–Crippen MR) is 205 cm³/mol. The molecule has 1 saturated heterocycles. The van der Waals surface area contributed by atoms with Crippen LogP contribution in [0.5, 0.6) is 0 Å². The van der Waals surface area contributed by atoms with Gasteiger partial charge in [-0.2, -0.15) is 0 Å². The van der Waals surface area contributed by atoms with Crippen LogP contribution >= 0.6 is 7.60 Å². The number of rotatable bonds is 21. The average Bonchev–Trinajstić information content (AvgIpc) is 3.23. The summed E-state index contributed by atoms with van der Waals surface area (Å²) in [4.78, 5) is 18.3. The fraction of sp³-hybridized carbons (Fsp3) is 0.262. The maximum Gasteiger partial charge on any atom is 0.350 e. The Hall–Kier alpha value is -5.09. The van der Waals surface area contributed by atoms with Crippen molar-refractivity contribution in [3.63, 3.8) is 0 Å². The van der Waals surface area contributed by atoms with Crippen LogP contribution in [0.3, 0.4) is 0 Å². The lowest BCUT2D eigenvalue weighted by Gasteiger charge is -2.50. The monoisotopic (exact) mass is 746 g/mol. The minimum absolute atomic E-state index is 0.0105.